The van der Waals surface area contributed by atoms with Gasteiger partial charge < -0.3 is 10.4 Å². The molecule has 0 aliphatic carbocycles. The van der Waals surface area contributed by atoms with Gasteiger partial charge in [-0.1, -0.05) is 20.8 Å². The van der Waals surface area contributed by atoms with E-state index < -0.39 is 5.97 Å². The normalized spacial score (nSPS) is 15.9. The fraction of sp³-hybridized carbons (Fsp3) is 0.636. The zero-order chi connectivity index (χ0) is 11.9. The summed E-state index contributed by atoms with van der Waals surface area (Å²) in [6, 6.07) is 0. The van der Waals surface area contributed by atoms with Crippen molar-refractivity contribution in [2.75, 3.05) is 6.54 Å². The molecule has 0 unspecified atom stereocenters. The number of nitrogens with one attached hydrogen (secondary N) is 1. The first-order chi connectivity index (χ1) is 7.41. The van der Waals surface area contributed by atoms with E-state index in [2.05, 4.69) is 10.4 Å². The minimum Gasteiger partial charge on any atom is -0.478 e. The molecule has 5 nitrogen and oxygen atoms in total. The van der Waals surface area contributed by atoms with Crippen LogP contribution in [0.5, 0.6) is 0 Å². The van der Waals surface area contributed by atoms with E-state index in [1.165, 1.54) is 0 Å². The van der Waals surface area contributed by atoms with Gasteiger partial charge in [-0.15, -0.1) is 0 Å². The molecule has 0 spiro atoms. The summed E-state index contributed by atoms with van der Waals surface area (Å²) in [6.07, 6.45) is 0. The van der Waals surface area contributed by atoms with E-state index in [1.807, 2.05) is 25.5 Å². The lowest BCUT2D eigenvalue weighted by Gasteiger charge is -2.16. The molecule has 1 aromatic heterocycles. The van der Waals surface area contributed by atoms with Gasteiger partial charge in [-0.25, -0.2) is 4.79 Å². The molecular weight excluding hydrogens is 206 g/mol. The lowest BCUT2D eigenvalue weighted by molar-refractivity contribution is 0.0692. The highest BCUT2D eigenvalue weighted by Gasteiger charge is 2.31. The van der Waals surface area contributed by atoms with Gasteiger partial charge in [0.15, 0.2) is 0 Å². The van der Waals surface area contributed by atoms with Crippen molar-refractivity contribution >= 4 is 5.97 Å². The Bertz CT molecular complexity index is 429. The molecule has 0 saturated carbocycles. The van der Waals surface area contributed by atoms with Crippen molar-refractivity contribution in [2.45, 2.75) is 39.3 Å². The van der Waals surface area contributed by atoms with Gasteiger partial charge in [0.2, 0.25) is 0 Å². The summed E-state index contributed by atoms with van der Waals surface area (Å²) in [5.41, 5.74) is 1.61. The summed E-state index contributed by atoms with van der Waals surface area (Å²) < 4.78 is 1.82. The number of nitrogens with zero attached hydrogens (tertiary/aromatic N) is 2. The van der Waals surface area contributed by atoms with Crippen LogP contribution in [0, 0.1) is 0 Å². The second-order valence-electron chi connectivity index (χ2n) is 5.13. The molecule has 0 radical (unpaired) electrons. The van der Waals surface area contributed by atoms with E-state index in [0.717, 1.165) is 18.8 Å². The first-order valence-corrected chi connectivity index (χ1v) is 5.45. The molecule has 5 heteroatoms. The van der Waals surface area contributed by atoms with Crippen molar-refractivity contribution in [3.05, 3.63) is 17.0 Å². The van der Waals surface area contributed by atoms with Gasteiger partial charge in [0.1, 0.15) is 5.56 Å². The first kappa shape index (κ1) is 11.1. The minimum absolute atomic E-state index is 0.238. The van der Waals surface area contributed by atoms with Crippen LogP contribution in [-0.2, 0) is 18.5 Å². The predicted molar refractivity (Wildman–Crippen MR) is 59.6 cm³/mol. The maximum atomic E-state index is 11.3. The van der Waals surface area contributed by atoms with Crippen molar-refractivity contribution in [3.8, 4) is 0 Å². The molecular formula is C11H17N3O2. The maximum Gasteiger partial charge on any atom is 0.339 e. The number of carboxylic acid groups (broad SMARTS) is 1. The van der Waals surface area contributed by atoms with E-state index in [9.17, 15) is 9.90 Å². The molecule has 1 aliphatic rings. The number of fused-ring (bicyclic) bond motifs is 1. The van der Waals surface area contributed by atoms with Crippen molar-refractivity contribution in [3.63, 3.8) is 0 Å². The molecule has 0 amide bonds. The van der Waals surface area contributed by atoms with Crippen LogP contribution in [-0.4, -0.2) is 27.4 Å². The smallest absolute Gasteiger partial charge is 0.339 e. The number of hydrogen-bond donors (Lipinski definition) is 2. The summed E-state index contributed by atoms with van der Waals surface area (Å²) in [5, 5.41) is 16.9. The standard InChI is InChI=1S/C11H17N3O2/c1-11(2,3)9-8(10(15)16)7-6-12-4-5-14(7)13-9/h12H,4-6H2,1-3H3,(H,15,16). The number of carbonyl (C=O) groups is 1. The number of hydrogen-bond acceptors (Lipinski definition) is 3. The molecule has 0 aromatic carbocycles. The van der Waals surface area contributed by atoms with Gasteiger partial charge in [-0.05, 0) is 0 Å². The third-order valence-corrected chi connectivity index (χ3v) is 2.77. The minimum atomic E-state index is -0.880. The summed E-state index contributed by atoms with van der Waals surface area (Å²) in [7, 11) is 0. The van der Waals surface area contributed by atoms with E-state index >= 15 is 0 Å². The summed E-state index contributed by atoms with van der Waals surface area (Å²) >= 11 is 0. The SMILES string of the molecule is CC(C)(C)c1nn2c(c1C(=O)O)CNCC2. The molecule has 2 rings (SSSR count). The van der Waals surface area contributed by atoms with E-state index in [0.29, 0.717) is 17.8 Å². The average molecular weight is 223 g/mol. The second kappa shape index (κ2) is 3.59. The molecule has 2 heterocycles. The van der Waals surface area contributed by atoms with Crippen LogP contribution in [0.15, 0.2) is 0 Å². The Morgan fingerprint density at radius 3 is 2.75 bits per heavy atom. The highest BCUT2D eigenvalue weighted by molar-refractivity contribution is 5.90. The molecule has 1 aliphatic heterocycles. The summed E-state index contributed by atoms with van der Waals surface area (Å²) in [4.78, 5) is 11.3. The number of rotatable bonds is 1. The van der Waals surface area contributed by atoms with E-state index in [1.54, 1.807) is 0 Å². The monoisotopic (exact) mass is 223 g/mol. The van der Waals surface area contributed by atoms with Crippen molar-refractivity contribution in [1.82, 2.24) is 15.1 Å². The first-order valence-electron chi connectivity index (χ1n) is 5.45. The molecule has 88 valence electrons. The molecule has 2 N–H and O–H groups in total. The molecule has 16 heavy (non-hydrogen) atoms. The fourth-order valence-corrected chi connectivity index (χ4v) is 2.00. The van der Waals surface area contributed by atoms with Gasteiger partial charge >= 0.3 is 5.97 Å². The van der Waals surface area contributed by atoms with Crippen LogP contribution in [0.1, 0.15) is 42.5 Å². The van der Waals surface area contributed by atoms with E-state index in [4.69, 9.17) is 0 Å². The van der Waals surface area contributed by atoms with Crippen LogP contribution in [0.25, 0.3) is 0 Å². The highest BCUT2D eigenvalue weighted by atomic mass is 16.4. The lowest BCUT2D eigenvalue weighted by atomic mass is 9.88. The molecule has 1 aromatic rings. The van der Waals surface area contributed by atoms with Crippen LogP contribution in [0.2, 0.25) is 0 Å². The Labute approximate surface area is 94.5 Å². The van der Waals surface area contributed by atoms with Gasteiger partial charge in [0.25, 0.3) is 0 Å². The fourth-order valence-electron chi connectivity index (χ4n) is 2.00. The zero-order valence-electron chi connectivity index (χ0n) is 9.87. The van der Waals surface area contributed by atoms with Crippen molar-refractivity contribution < 1.29 is 9.90 Å². The number of aromatic carboxylic acids is 1. The highest BCUT2D eigenvalue weighted by Crippen LogP contribution is 2.28. The van der Waals surface area contributed by atoms with Crippen LogP contribution >= 0.6 is 0 Å². The third kappa shape index (κ3) is 1.71. The second-order valence-corrected chi connectivity index (χ2v) is 5.13. The summed E-state index contributed by atoms with van der Waals surface area (Å²) in [5.74, 6) is -0.880. The van der Waals surface area contributed by atoms with Gasteiger partial charge in [-0.2, -0.15) is 5.10 Å². The third-order valence-electron chi connectivity index (χ3n) is 2.77. The van der Waals surface area contributed by atoms with Gasteiger partial charge in [0, 0.05) is 18.5 Å². The Morgan fingerprint density at radius 2 is 2.19 bits per heavy atom. The number of aromatic nitrogens is 2. The Balaban J connectivity index is 2.61. The van der Waals surface area contributed by atoms with Crippen LogP contribution in [0.4, 0.5) is 0 Å². The largest absolute Gasteiger partial charge is 0.478 e. The Morgan fingerprint density at radius 1 is 1.50 bits per heavy atom. The lowest BCUT2D eigenvalue weighted by Crippen LogP contribution is -2.29. The average Bonchev–Trinajstić information content (AvgIpc) is 2.55. The van der Waals surface area contributed by atoms with Crippen LogP contribution < -0.4 is 5.32 Å². The molecule has 0 fully saturated rings. The zero-order valence-corrected chi connectivity index (χ0v) is 9.87. The van der Waals surface area contributed by atoms with Gasteiger partial charge in [-0.3, -0.25) is 4.68 Å². The maximum absolute atomic E-state index is 11.3. The predicted octanol–water partition coefficient (Wildman–Crippen LogP) is 0.982. The van der Waals surface area contributed by atoms with E-state index in [-0.39, 0.29) is 5.41 Å². The molecule has 0 atom stereocenters. The van der Waals surface area contributed by atoms with Crippen molar-refractivity contribution in [1.29, 1.82) is 0 Å². The molecule has 0 bridgehead atoms. The molecule has 0 saturated heterocycles. The topological polar surface area (TPSA) is 67.2 Å². The Kier molecular flexibility index (Phi) is 2.50. The quantitative estimate of drug-likeness (QED) is 0.744. The van der Waals surface area contributed by atoms with Crippen molar-refractivity contribution in [2.24, 2.45) is 0 Å². The summed E-state index contributed by atoms with van der Waals surface area (Å²) in [6.45, 7) is 8.14. The van der Waals surface area contributed by atoms with Crippen LogP contribution in [0.3, 0.4) is 0 Å². The Hall–Kier alpha value is -1.36. The number of carboxylic acids is 1. The van der Waals surface area contributed by atoms with Gasteiger partial charge in [0.05, 0.1) is 17.9 Å².